The molecular weight excluding hydrogens is 248 g/mol. The highest BCUT2D eigenvalue weighted by molar-refractivity contribution is 6.31. The predicted octanol–water partition coefficient (Wildman–Crippen LogP) is 4.57. The maximum absolute atomic E-state index is 6.31. The minimum absolute atomic E-state index is 0.385. The summed E-state index contributed by atoms with van der Waals surface area (Å²) < 4.78 is 11.1. The molecule has 0 aromatic heterocycles. The standard InChI is InChI=1S/C15H19ClO2/c1-3-4-5-6-11(2)12-9-14-15(10-13(12)16)18-8-7-17-14/h4-5,9-11H,3,6-8H2,1-2H3/b5-4-. The maximum atomic E-state index is 6.31. The molecule has 18 heavy (non-hydrogen) atoms. The van der Waals surface area contributed by atoms with E-state index in [-0.39, 0.29) is 0 Å². The summed E-state index contributed by atoms with van der Waals surface area (Å²) in [5.41, 5.74) is 1.13. The Morgan fingerprint density at radius 3 is 2.56 bits per heavy atom. The third-order valence-electron chi connectivity index (χ3n) is 3.08. The molecule has 3 heteroatoms. The van der Waals surface area contributed by atoms with Crippen LogP contribution in [0.15, 0.2) is 24.3 Å². The van der Waals surface area contributed by atoms with E-state index < -0.39 is 0 Å². The molecule has 1 aromatic carbocycles. The second-order valence-corrected chi connectivity index (χ2v) is 4.94. The molecule has 0 spiro atoms. The van der Waals surface area contributed by atoms with E-state index in [9.17, 15) is 0 Å². The van der Waals surface area contributed by atoms with Gasteiger partial charge in [-0.3, -0.25) is 0 Å². The molecule has 98 valence electrons. The molecule has 0 radical (unpaired) electrons. The highest BCUT2D eigenvalue weighted by atomic mass is 35.5. The van der Waals surface area contributed by atoms with Gasteiger partial charge in [-0.2, -0.15) is 0 Å². The molecule has 0 saturated heterocycles. The van der Waals surface area contributed by atoms with Crippen LogP contribution in [0.5, 0.6) is 11.5 Å². The summed E-state index contributed by atoms with van der Waals surface area (Å²) in [6, 6.07) is 3.88. The maximum Gasteiger partial charge on any atom is 0.162 e. The molecule has 1 aliphatic rings. The van der Waals surface area contributed by atoms with Gasteiger partial charge in [0.15, 0.2) is 11.5 Å². The molecular formula is C15H19ClO2. The Labute approximate surface area is 114 Å². The highest BCUT2D eigenvalue weighted by Crippen LogP contribution is 2.38. The zero-order valence-electron chi connectivity index (χ0n) is 10.9. The zero-order chi connectivity index (χ0) is 13.0. The molecule has 0 N–H and O–H groups in total. The lowest BCUT2D eigenvalue weighted by atomic mass is 9.97. The van der Waals surface area contributed by atoms with Crippen LogP contribution in [0.25, 0.3) is 0 Å². The summed E-state index contributed by atoms with van der Waals surface area (Å²) in [6.07, 6.45) is 6.45. The van der Waals surface area contributed by atoms with Crippen molar-refractivity contribution in [2.45, 2.75) is 32.6 Å². The van der Waals surface area contributed by atoms with Crippen LogP contribution in [0.4, 0.5) is 0 Å². The minimum atomic E-state index is 0.385. The van der Waals surface area contributed by atoms with Crippen molar-refractivity contribution in [3.63, 3.8) is 0 Å². The van der Waals surface area contributed by atoms with Crippen LogP contribution in [0.2, 0.25) is 5.02 Å². The quantitative estimate of drug-likeness (QED) is 0.743. The van der Waals surface area contributed by atoms with Gasteiger partial charge in [0.1, 0.15) is 13.2 Å². The van der Waals surface area contributed by atoms with Crippen LogP contribution in [0.1, 0.15) is 38.2 Å². The Hall–Kier alpha value is -1.15. The molecule has 0 aliphatic carbocycles. The Morgan fingerprint density at radius 1 is 1.22 bits per heavy atom. The number of ether oxygens (including phenoxy) is 2. The summed E-state index contributed by atoms with van der Waals surface area (Å²) in [7, 11) is 0. The van der Waals surface area contributed by atoms with E-state index in [1.165, 1.54) is 0 Å². The van der Waals surface area contributed by atoms with Gasteiger partial charge in [-0.15, -0.1) is 0 Å². The summed E-state index contributed by atoms with van der Waals surface area (Å²) >= 11 is 6.31. The monoisotopic (exact) mass is 266 g/mol. The van der Waals surface area contributed by atoms with E-state index in [0.717, 1.165) is 34.9 Å². The van der Waals surface area contributed by atoms with Crippen molar-refractivity contribution in [1.82, 2.24) is 0 Å². The number of hydrogen-bond donors (Lipinski definition) is 0. The Kier molecular flexibility index (Phi) is 4.54. The fraction of sp³-hybridized carbons (Fsp3) is 0.467. The predicted molar refractivity (Wildman–Crippen MR) is 74.9 cm³/mol. The number of halogens is 1. The average molecular weight is 267 g/mol. The van der Waals surface area contributed by atoms with E-state index in [1.807, 2.05) is 12.1 Å². The molecule has 0 fully saturated rings. The van der Waals surface area contributed by atoms with E-state index >= 15 is 0 Å². The van der Waals surface area contributed by atoms with Crippen LogP contribution >= 0.6 is 11.6 Å². The average Bonchev–Trinajstić information content (AvgIpc) is 2.38. The van der Waals surface area contributed by atoms with Gasteiger partial charge in [-0.05, 0) is 30.4 Å². The number of benzene rings is 1. The fourth-order valence-corrected chi connectivity index (χ4v) is 2.39. The largest absolute Gasteiger partial charge is 0.486 e. The van der Waals surface area contributed by atoms with Crippen LogP contribution in [-0.2, 0) is 0 Å². The van der Waals surface area contributed by atoms with Crippen molar-refractivity contribution >= 4 is 11.6 Å². The second kappa shape index (κ2) is 6.14. The molecule has 1 heterocycles. The van der Waals surface area contributed by atoms with Gasteiger partial charge in [0.25, 0.3) is 0 Å². The molecule has 1 unspecified atom stereocenters. The van der Waals surface area contributed by atoms with Crippen LogP contribution in [0.3, 0.4) is 0 Å². The zero-order valence-corrected chi connectivity index (χ0v) is 11.7. The van der Waals surface area contributed by atoms with E-state index in [0.29, 0.717) is 19.1 Å². The first kappa shape index (κ1) is 13.3. The van der Waals surface area contributed by atoms with Gasteiger partial charge in [0, 0.05) is 11.1 Å². The van der Waals surface area contributed by atoms with Crippen LogP contribution in [-0.4, -0.2) is 13.2 Å². The fourth-order valence-electron chi connectivity index (χ4n) is 2.05. The third kappa shape index (κ3) is 2.99. The molecule has 0 amide bonds. The van der Waals surface area contributed by atoms with Gasteiger partial charge < -0.3 is 9.47 Å². The first-order valence-corrected chi connectivity index (χ1v) is 6.84. The van der Waals surface area contributed by atoms with E-state index in [2.05, 4.69) is 26.0 Å². The van der Waals surface area contributed by atoms with Crippen molar-refractivity contribution in [2.24, 2.45) is 0 Å². The highest BCUT2D eigenvalue weighted by Gasteiger charge is 2.17. The number of hydrogen-bond acceptors (Lipinski definition) is 2. The van der Waals surface area contributed by atoms with Crippen LogP contribution < -0.4 is 9.47 Å². The number of fused-ring (bicyclic) bond motifs is 1. The summed E-state index contributed by atoms with van der Waals surface area (Å²) in [5.74, 6) is 1.95. The first-order valence-electron chi connectivity index (χ1n) is 6.46. The molecule has 1 aliphatic heterocycles. The SMILES string of the molecule is CC/C=C\CC(C)c1cc2c(cc1Cl)OCCO2. The smallest absolute Gasteiger partial charge is 0.162 e. The van der Waals surface area contributed by atoms with E-state index in [4.69, 9.17) is 21.1 Å². The van der Waals surface area contributed by atoms with Gasteiger partial charge in [0.05, 0.1) is 0 Å². The van der Waals surface area contributed by atoms with Gasteiger partial charge in [0.2, 0.25) is 0 Å². The van der Waals surface area contributed by atoms with E-state index in [1.54, 1.807) is 0 Å². The Balaban J connectivity index is 2.19. The Bertz CT molecular complexity index is 440. The second-order valence-electron chi connectivity index (χ2n) is 4.53. The lowest BCUT2D eigenvalue weighted by molar-refractivity contribution is 0.171. The van der Waals surface area contributed by atoms with Crippen molar-refractivity contribution in [3.05, 3.63) is 34.9 Å². The topological polar surface area (TPSA) is 18.5 Å². The summed E-state index contributed by atoms with van der Waals surface area (Å²) in [4.78, 5) is 0. The molecule has 2 rings (SSSR count). The lowest BCUT2D eigenvalue weighted by Crippen LogP contribution is -2.15. The molecule has 0 bridgehead atoms. The van der Waals surface area contributed by atoms with Gasteiger partial charge >= 0.3 is 0 Å². The summed E-state index contributed by atoms with van der Waals surface area (Å²) in [5, 5.41) is 0.761. The third-order valence-corrected chi connectivity index (χ3v) is 3.41. The minimum Gasteiger partial charge on any atom is -0.486 e. The normalized spacial score (nSPS) is 15.9. The van der Waals surface area contributed by atoms with Crippen LogP contribution in [0, 0.1) is 0 Å². The van der Waals surface area contributed by atoms with Gasteiger partial charge in [-0.25, -0.2) is 0 Å². The lowest BCUT2D eigenvalue weighted by Gasteiger charge is -2.21. The van der Waals surface area contributed by atoms with Crippen molar-refractivity contribution < 1.29 is 9.47 Å². The Morgan fingerprint density at radius 2 is 1.89 bits per heavy atom. The molecule has 1 aromatic rings. The van der Waals surface area contributed by atoms with Gasteiger partial charge in [-0.1, -0.05) is 37.6 Å². The van der Waals surface area contributed by atoms with Crippen molar-refractivity contribution in [1.29, 1.82) is 0 Å². The number of allylic oxidation sites excluding steroid dienone is 2. The molecule has 1 atom stereocenters. The van der Waals surface area contributed by atoms with Crippen molar-refractivity contribution in [2.75, 3.05) is 13.2 Å². The summed E-state index contributed by atoms with van der Waals surface area (Å²) in [6.45, 7) is 5.52. The first-order chi connectivity index (χ1) is 8.72. The number of rotatable bonds is 4. The molecule has 2 nitrogen and oxygen atoms in total. The molecule has 0 saturated carbocycles. The van der Waals surface area contributed by atoms with Crippen molar-refractivity contribution in [3.8, 4) is 11.5 Å².